The van der Waals surface area contributed by atoms with E-state index >= 15 is 0 Å². The van der Waals surface area contributed by atoms with Gasteiger partial charge in [0.25, 0.3) is 0 Å². The van der Waals surface area contributed by atoms with Crippen LogP contribution in [0.25, 0.3) is 5.70 Å². The zero-order chi connectivity index (χ0) is 17.6. The minimum Gasteiger partial charge on any atom is -0.354 e. The van der Waals surface area contributed by atoms with Crippen LogP contribution in [0, 0.1) is 10.5 Å². The molecule has 3 aromatic carbocycles. The Bertz CT molecular complexity index is 902. The van der Waals surface area contributed by atoms with E-state index in [1.165, 1.54) is 5.56 Å². The molecule has 0 fully saturated rings. The predicted molar refractivity (Wildman–Crippen MR) is 113 cm³/mol. The minimum atomic E-state index is -0.0194. The summed E-state index contributed by atoms with van der Waals surface area (Å²) < 4.78 is 1.12. The average Bonchev–Trinajstić information content (AvgIpc) is 2.64. The molecule has 2 nitrogen and oxygen atoms in total. The van der Waals surface area contributed by atoms with Gasteiger partial charge in [-0.05, 0) is 52.8 Å². The zero-order valence-electron chi connectivity index (χ0n) is 13.9. The molecule has 0 aliphatic rings. The largest absolute Gasteiger partial charge is 0.354 e. The number of hydrogen-bond acceptors (Lipinski definition) is 2. The van der Waals surface area contributed by atoms with Gasteiger partial charge in [-0.3, -0.25) is 4.79 Å². The van der Waals surface area contributed by atoms with Crippen LogP contribution in [0.5, 0.6) is 0 Å². The third kappa shape index (κ3) is 4.57. The molecule has 0 saturated carbocycles. The van der Waals surface area contributed by atoms with Gasteiger partial charge >= 0.3 is 0 Å². The molecule has 0 atom stereocenters. The summed E-state index contributed by atoms with van der Waals surface area (Å²) in [7, 11) is 0. The van der Waals surface area contributed by atoms with E-state index < -0.39 is 0 Å². The van der Waals surface area contributed by atoms with Crippen molar-refractivity contribution < 1.29 is 4.79 Å². The van der Waals surface area contributed by atoms with Gasteiger partial charge in [-0.25, -0.2) is 0 Å². The molecule has 3 aromatic rings. The van der Waals surface area contributed by atoms with E-state index in [1.54, 1.807) is 6.08 Å². The second-order valence-electron chi connectivity index (χ2n) is 5.76. The van der Waals surface area contributed by atoms with Crippen molar-refractivity contribution in [3.63, 3.8) is 0 Å². The number of allylic oxidation sites excluding steroid dienone is 1. The second kappa shape index (κ2) is 8.12. The molecule has 0 bridgehead atoms. The van der Waals surface area contributed by atoms with Crippen molar-refractivity contribution in [2.45, 2.75) is 6.92 Å². The summed E-state index contributed by atoms with van der Waals surface area (Å²) in [5.41, 5.74) is 4.64. The molecular formula is C22H18INO. The molecule has 0 saturated heterocycles. The van der Waals surface area contributed by atoms with E-state index in [0.29, 0.717) is 5.56 Å². The van der Waals surface area contributed by atoms with E-state index in [-0.39, 0.29) is 5.78 Å². The van der Waals surface area contributed by atoms with Gasteiger partial charge in [0.05, 0.1) is 5.69 Å². The first-order valence-electron chi connectivity index (χ1n) is 8.03. The summed E-state index contributed by atoms with van der Waals surface area (Å²) in [5, 5.41) is 3.42. The fourth-order valence-corrected chi connectivity index (χ4v) is 3.30. The van der Waals surface area contributed by atoms with Crippen LogP contribution in [0.15, 0.2) is 84.9 Å². The van der Waals surface area contributed by atoms with E-state index in [4.69, 9.17) is 0 Å². The van der Waals surface area contributed by atoms with Crippen LogP contribution in [-0.2, 0) is 0 Å². The maximum atomic E-state index is 12.6. The van der Waals surface area contributed by atoms with Gasteiger partial charge in [0, 0.05) is 20.9 Å². The molecule has 0 amide bonds. The number of anilines is 1. The standard InChI is InChI=1S/C22H18INO/c1-16-12-13-20(19(23)14-16)24-21(17-8-4-2-5-9-17)15-22(25)18-10-6-3-7-11-18/h2-15,24H,1H3/b21-15-. The van der Waals surface area contributed by atoms with Gasteiger partial charge in [-0.15, -0.1) is 0 Å². The first-order valence-corrected chi connectivity index (χ1v) is 9.11. The Morgan fingerprint density at radius 2 is 1.48 bits per heavy atom. The Hall–Kier alpha value is -2.40. The van der Waals surface area contributed by atoms with Crippen molar-refractivity contribution in [3.8, 4) is 0 Å². The van der Waals surface area contributed by atoms with E-state index in [1.807, 2.05) is 66.7 Å². The topological polar surface area (TPSA) is 29.1 Å². The zero-order valence-corrected chi connectivity index (χ0v) is 16.0. The Morgan fingerprint density at radius 3 is 2.08 bits per heavy atom. The monoisotopic (exact) mass is 439 g/mol. The first-order chi connectivity index (χ1) is 12.1. The van der Waals surface area contributed by atoms with E-state index in [9.17, 15) is 4.79 Å². The van der Waals surface area contributed by atoms with E-state index in [2.05, 4.69) is 47.0 Å². The number of hydrogen-bond donors (Lipinski definition) is 1. The summed E-state index contributed by atoms with van der Waals surface area (Å²) in [6.07, 6.45) is 1.67. The molecule has 1 N–H and O–H groups in total. The molecule has 0 aromatic heterocycles. The SMILES string of the molecule is Cc1ccc(N/C(=C\C(=O)c2ccccc2)c2ccccc2)c(I)c1. The number of halogens is 1. The molecule has 0 aliphatic heterocycles. The van der Waals surface area contributed by atoms with Crippen LogP contribution in [0.2, 0.25) is 0 Å². The number of carbonyl (C=O) groups is 1. The Kier molecular flexibility index (Phi) is 5.66. The number of rotatable bonds is 5. The lowest BCUT2D eigenvalue weighted by atomic mass is 10.1. The molecular weight excluding hydrogens is 421 g/mol. The lowest BCUT2D eigenvalue weighted by Gasteiger charge is -2.13. The van der Waals surface area contributed by atoms with Crippen LogP contribution in [0.1, 0.15) is 21.5 Å². The van der Waals surface area contributed by atoms with Crippen molar-refractivity contribution in [2.24, 2.45) is 0 Å². The highest BCUT2D eigenvalue weighted by molar-refractivity contribution is 14.1. The van der Waals surface area contributed by atoms with Gasteiger partial charge in [0.1, 0.15) is 0 Å². The summed E-state index contributed by atoms with van der Waals surface area (Å²) in [6, 6.07) is 25.4. The van der Waals surface area contributed by atoms with E-state index in [0.717, 1.165) is 20.5 Å². The quantitative estimate of drug-likeness (QED) is 0.303. The third-order valence-electron chi connectivity index (χ3n) is 3.81. The fourth-order valence-electron chi connectivity index (χ4n) is 2.49. The second-order valence-corrected chi connectivity index (χ2v) is 6.92. The van der Waals surface area contributed by atoms with Crippen molar-refractivity contribution in [3.05, 3.63) is 105 Å². The van der Waals surface area contributed by atoms with Gasteiger partial charge in [-0.2, -0.15) is 0 Å². The van der Waals surface area contributed by atoms with Gasteiger partial charge in [-0.1, -0.05) is 66.7 Å². The number of benzene rings is 3. The lowest BCUT2D eigenvalue weighted by Crippen LogP contribution is -2.04. The van der Waals surface area contributed by atoms with Gasteiger partial charge in [0.15, 0.2) is 5.78 Å². The number of carbonyl (C=O) groups excluding carboxylic acids is 1. The smallest absolute Gasteiger partial charge is 0.187 e. The highest BCUT2D eigenvalue weighted by Gasteiger charge is 2.09. The van der Waals surface area contributed by atoms with Crippen LogP contribution >= 0.6 is 22.6 Å². The van der Waals surface area contributed by atoms with Crippen LogP contribution < -0.4 is 5.32 Å². The maximum Gasteiger partial charge on any atom is 0.187 e. The molecule has 3 rings (SSSR count). The molecule has 0 heterocycles. The van der Waals surface area contributed by atoms with Crippen molar-refractivity contribution >= 4 is 39.8 Å². The normalized spacial score (nSPS) is 11.2. The van der Waals surface area contributed by atoms with Crippen LogP contribution in [-0.4, -0.2) is 5.78 Å². The third-order valence-corrected chi connectivity index (χ3v) is 4.70. The molecule has 124 valence electrons. The Morgan fingerprint density at radius 1 is 0.880 bits per heavy atom. The maximum absolute atomic E-state index is 12.6. The minimum absolute atomic E-state index is 0.0194. The van der Waals surface area contributed by atoms with Crippen molar-refractivity contribution in [1.29, 1.82) is 0 Å². The number of nitrogens with one attached hydrogen (secondary N) is 1. The molecule has 25 heavy (non-hydrogen) atoms. The molecule has 0 aliphatic carbocycles. The van der Waals surface area contributed by atoms with Crippen LogP contribution in [0.4, 0.5) is 5.69 Å². The predicted octanol–water partition coefficient (Wildman–Crippen LogP) is 5.94. The average molecular weight is 439 g/mol. The fraction of sp³-hybridized carbons (Fsp3) is 0.0455. The summed E-state index contributed by atoms with van der Waals surface area (Å²) in [6.45, 7) is 2.07. The van der Waals surface area contributed by atoms with Crippen molar-refractivity contribution in [1.82, 2.24) is 0 Å². The van der Waals surface area contributed by atoms with Crippen molar-refractivity contribution in [2.75, 3.05) is 5.32 Å². The number of aryl methyl sites for hydroxylation is 1. The highest BCUT2D eigenvalue weighted by atomic mass is 127. The first kappa shape index (κ1) is 17.4. The molecule has 0 unspecified atom stereocenters. The number of ketones is 1. The van der Waals surface area contributed by atoms with Crippen LogP contribution in [0.3, 0.4) is 0 Å². The van der Waals surface area contributed by atoms with Gasteiger partial charge < -0.3 is 5.32 Å². The molecule has 0 radical (unpaired) electrons. The molecule has 3 heteroatoms. The molecule has 0 spiro atoms. The Labute approximate surface area is 161 Å². The van der Waals surface area contributed by atoms with Gasteiger partial charge in [0.2, 0.25) is 0 Å². The lowest BCUT2D eigenvalue weighted by molar-refractivity contribution is 0.104. The summed E-state index contributed by atoms with van der Waals surface area (Å²) in [4.78, 5) is 12.6. The summed E-state index contributed by atoms with van der Waals surface area (Å²) >= 11 is 2.31. The summed E-state index contributed by atoms with van der Waals surface area (Å²) in [5.74, 6) is -0.0194. The highest BCUT2D eigenvalue weighted by Crippen LogP contribution is 2.25. The Balaban J connectivity index is 1.98.